The summed E-state index contributed by atoms with van der Waals surface area (Å²) in [5.41, 5.74) is 4.48. The quantitative estimate of drug-likeness (QED) is 0.262. The molecule has 0 spiro atoms. The number of carbonyl (C=O) groups is 3. The van der Waals surface area contributed by atoms with Crippen LogP contribution >= 0.6 is 0 Å². The Kier molecular flexibility index (Phi) is 6.91. The van der Waals surface area contributed by atoms with Crippen molar-refractivity contribution >= 4 is 29.5 Å². The molecule has 7 nitrogen and oxygen atoms in total. The molecule has 152 valence electrons. The van der Waals surface area contributed by atoms with E-state index in [2.05, 4.69) is 10.6 Å². The predicted octanol–water partition coefficient (Wildman–Crippen LogP) is 3.28. The first-order chi connectivity index (χ1) is 14.6. The van der Waals surface area contributed by atoms with Crippen molar-refractivity contribution in [2.24, 2.45) is 0 Å². The lowest BCUT2D eigenvalue weighted by atomic mass is 10.0. The van der Waals surface area contributed by atoms with Crippen LogP contribution in [0.4, 0.5) is 11.4 Å². The smallest absolute Gasteiger partial charge is 0.274 e. The highest BCUT2D eigenvalue weighted by atomic mass is 16.5. The Bertz CT molecular complexity index is 1020. The molecule has 7 heteroatoms. The topological polar surface area (TPSA) is 108 Å². The number of anilines is 2. The zero-order valence-corrected chi connectivity index (χ0v) is 16.0. The third kappa shape index (κ3) is 5.52. The van der Waals surface area contributed by atoms with Crippen LogP contribution in [0.15, 0.2) is 78.9 Å². The first kappa shape index (κ1) is 20.8. The van der Waals surface area contributed by atoms with Crippen molar-refractivity contribution in [1.82, 2.24) is 5.48 Å². The van der Waals surface area contributed by atoms with E-state index in [1.165, 1.54) is 12.1 Å². The van der Waals surface area contributed by atoms with E-state index in [0.29, 0.717) is 23.4 Å². The lowest BCUT2D eigenvalue weighted by molar-refractivity contribution is -0.116. The number of carbonyl (C=O) groups excluding carboxylic acids is 3. The second-order valence-corrected chi connectivity index (χ2v) is 6.64. The molecule has 3 aromatic rings. The number of benzene rings is 3. The SMILES string of the molecule is O=Cc1cccc(N[C@@H](Cc2ccccc2)C(=O)Nc2ccc(C(=O)NO)cc2)c1. The van der Waals surface area contributed by atoms with Gasteiger partial charge in [-0.05, 0) is 42.0 Å². The van der Waals surface area contributed by atoms with Crippen molar-refractivity contribution in [2.45, 2.75) is 12.5 Å². The van der Waals surface area contributed by atoms with Crippen molar-refractivity contribution in [3.8, 4) is 0 Å². The average Bonchev–Trinajstić information content (AvgIpc) is 2.79. The summed E-state index contributed by atoms with van der Waals surface area (Å²) in [5.74, 6) is -0.902. The summed E-state index contributed by atoms with van der Waals surface area (Å²) in [7, 11) is 0. The lowest BCUT2D eigenvalue weighted by Gasteiger charge is -2.20. The van der Waals surface area contributed by atoms with Gasteiger partial charge in [-0.2, -0.15) is 0 Å². The molecule has 0 aliphatic rings. The molecule has 0 fully saturated rings. The molecule has 3 aromatic carbocycles. The molecule has 30 heavy (non-hydrogen) atoms. The molecule has 4 N–H and O–H groups in total. The molecule has 3 rings (SSSR count). The Morgan fingerprint density at radius 2 is 1.63 bits per heavy atom. The van der Waals surface area contributed by atoms with Gasteiger partial charge in [0.25, 0.3) is 5.91 Å². The molecule has 2 amide bonds. The van der Waals surface area contributed by atoms with Gasteiger partial charge in [-0.15, -0.1) is 0 Å². The Labute approximate surface area is 173 Å². The summed E-state index contributed by atoms with van der Waals surface area (Å²) < 4.78 is 0. The van der Waals surface area contributed by atoms with Crippen molar-refractivity contribution in [3.63, 3.8) is 0 Å². The Hall–Kier alpha value is -3.97. The normalized spacial score (nSPS) is 11.2. The summed E-state index contributed by atoms with van der Waals surface area (Å²) in [6.45, 7) is 0. The fourth-order valence-corrected chi connectivity index (χ4v) is 2.96. The molecular formula is C23H21N3O4. The maximum Gasteiger partial charge on any atom is 0.274 e. The second kappa shape index (κ2) is 9.99. The van der Waals surface area contributed by atoms with Crippen LogP contribution in [0.1, 0.15) is 26.3 Å². The van der Waals surface area contributed by atoms with Crippen molar-refractivity contribution < 1.29 is 19.6 Å². The van der Waals surface area contributed by atoms with Gasteiger partial charge >= 0.3 is 0 Å². The highest BCUT2D eigenvalue weighted by molar-refractivity contribution is 5.98. The summed E-state index contributed by atoms with van der Waals surface area (Å²) >= 11 is 0. The van der Waals surface area contributed by atoms with Crippen LogP contribution in [0, 0.1) is 0 Å². The number of rotatable bonds is 8. The average molecular weight is 403 g/mol. The van der Waals surface area contributed by atoms with Gasteiger partial charge < -0.3 is 10.6 Å². The van der Waals surface area contributed by atoms with Gasteiger partial charge in [0.2, 0.25) is 5.91 Å². The van der Waals surface area contributed by atoms with Crippen molar-refractivity contribution in [3.05, 3.63) is 95.6 Å². The molecule has 0 aliphatic carbocycles. The maximum absolute atomic E-state index is 13.0. The fraction of sp³-hybridized carbons (Fsp3) is 0.0870. The van der Waals surface area contributed by atoms with Crippen LogP contribution in [-0.2, 0) is 11.2 Å². The van der Waals surface area contributed by atoms with Crippen LogP contribution in [0.25, 0.3) is 0 Å². The number of amides is 2. The van der Waals surface area contributed by atoms with Crippen LogP contribution in [0.5, 0.6) is 0 Å². The number of hydrogen-bond donors (Lipinski definition) is 4. The molecule has 1 atom stereocenters. The van der Waals surface area contributed by atoms with E-state index in [0.717, 1.165) is 11.8 Å². The molecular weight excluding hydrogens is 382 g/mol. The van der Waals surface area contributed by atoms with Crippen LogP contribution in [0.3, 0.4) is 0 Å². The van der Waals surface area contributed by atoms with E-state index in [1.54, 1.807) is 41.9 Å². The van der Waals surface area contributed by atoms with Gasteiger partial charge in [0.1, 0.15) is 12.3 Å². The minimum atomic E-state index is -0.633. The summed E-state index contributed by atoms with van der Waals surface area (Å²) in [6, 6.07) is 22.0. The van der Waals surface area contributed by atoms with Gasteiger partial charge in [-0.25, -0.2) is 5.48 Å². The van der Waals surface area contributed by atoms with Crippen LogP contribution in [0.2, 0.25) is 0 Å². The number of hydrogen-bond acceptors (Lipinski definition) is 5. The molecule has 0 saturated carbocycles. The summed E-state index contributed by atoms with van der Waals surface area (Å²) in [4.78, 5) is 35.5. The van der Waals surface area contributed by atoms with Gasteiger partial charge in [0, 0.05) is 28.9 Å². The first-order valence-electron chi connectivity index (χ1n) is 9.30. The van der Waals surface area contributed by atoms with E-state index in [9.17, 15) is 14.4 Å². The van der Waals surface area contributed by atoms with Crippen molar-refractivity contribution in [2.75, 3.05) is 10.6 Å². The minimum Gasteiger partial charge on any atom is -0.373 e. The second-order valence-electron chi connectivity index (χ2n) is 6.64. The van der Waals surface area contributed by atoms with E-state index >= 15 is 0 Å². The molecule has 0 radical (unpaired) electrons. The van der Waals surface area contributed by atoms with Gasteiger partial charge in [0.05, 0.1) is 0 Å². The molecule has 0 heterocycles. The third-order valence-electron chi connectivity index (χ3n) is 4.48. The molecule has 0 aromatic heterocycles. The largest absolute Gasteiger partial charge is 0.373 e. The van der Waals surface area contributed by atoms with E-state index < -0.39 is 11.9 Å². The van der Waals surface area contributed by atoms with Crippen LogP contribution < -0.4 is 16.1 Å². The molecule has 0 saturated heterocycles. The van der Waals surface area contributed by atoms with Crippen molar-refractivity contribution in [1.29, 1.82) is 0 Å². The van der Waals surface area contributed by atoms with Gasteiger partial charge in [-0.1, -0.05) is 42.5 Å². The Morgan fingerprint density at radius 3 is 2.30 bits per heavy atom. The highest BCUT2D eigenvalue weighted by Crippen LogP contribution is 2.16. The van der Waals surface area contributed by atoms with E-state index in [1.807, 2.05) is 30.3 Å². The third-order valence-corrected chi connectivity index (χ3v) is 4.48. The monoisotopic (exact) mass is 403 g/mol. The van der Waals surface area contributed by atoms with E-state index in [4.69, 9.17) is 5.21 Å². The number of hydroxylamine groups is 1. The van der Waals surface area contributed by atoms with Gasteiger partial charge in [0.15, 0.2) is 0 Å². The maximum atomic E-state index is 13.0. The Balaban J connectivity index is 1.78. The predicted molar refractivity (Wildman–Crippen MR) is 114 cm³/mol. The number of nitrogens with one attached hydrogen (secondary N) is 3. The standard InChI is InChI=1S/C23H21N3O4/c27-15-17-7-4-8-20(13-17)24-21(14-16-5-2-1-3-6-16)23(29)25-19-11-9-18(10-12-19)22(28)26-30/h1-13,15,21,24,30H,14H2,(H,25,29)(H,26,28)/t21-/m0/s1. The van der Waals surface area contributed by atoms with Gasteiger partial charge in [-0.3, -0.25) is 19.6 Å². The zero-order chi connectivity index (χ0) is 21.3. The fourth-order valence-electron chi connectivity index (χ4n) is 2.96. The molecule has 0 unspecified atom stereocenters. The summed E-state index contributed by atoms with van der Waals surface area (Å²) in [5, 5.41) is 14.7. The number of aldehydes is 1. The molecule has 0 bridgehead atoms. The Morgan fingerprint density at radius 1 is 0.900 bits per heavy atom. The highest BCUT2D eigenvalue weighted by Gasteiger charge is 2.19. The van der Waals surface area contributed by atoms with Crippen LogP contribution in [-0.4, -0.2) is 29.3 Å². The van der Waals surface area contributed by atoms with E-state index in [-0.39, 0.29) is 11.5 Å². The first-order valence-corrected chi connectivity index (χ1v) is 9.30. The molecule has 0 aliphatic heterocycles. The minimum absolute atomic E-state index is 0.264. The zero-order valence-electron chi connectivity index (χ0n) is 16.0. The summed E-state index contributed by atoms with van der Waals surface area (Å²) in [6.07, 6.45) is 1.19. The lowest BCUT2D eigenvalue weighted by Crippen LogP contribution is -2.36.